The molecule has 0 atom stereocenters. The van der Waals surface area contributed by atoms with Crippen molar-refractivity contribution in [2.75, 3.05) is 5.73 Å². The van der Waals surface area contributed by atoms with Crippen LogP contribution in [-0.2, 0) is 0 Å². The Morgan fingerprint density at radius 3 is 2.33 bits per heavy atom. The third-order valence-corrected chi connectivity index (χ3v) is 2.62. The summed E-state index contributed by atoms with van der Waals surface area (Å²) in [5.41, 5.74) is 8.74. The third-order valence-electron chi connectivity index (χ3n) is 2.16. The number of nitrogens with zero attached hydrogens (tertiary/aromatic N) is 4. The van der Waals surface area contributed by atoms with Gasteiger partial charge < -0.3 is 5.73 Å². The molecule has 1 aromatic carbocycles. The quantitative estimate of drug-likeness (QED) is 0.853. The van der Waals surface area contributed by atoms with E-state index in [0.29, 0.717) is 5.95 Å². The summed E-state index contributed by atoms with van der Waals surface area (Å²) in [6.45, 7) is 3.99. The molecule has 0 aliphatic heterocycles. The van der Waals surface area contributed by atoms with Gasteiger partial charge in [-0.05, 0) is 47.5 Å². The number of nitrogen functional groups attached to an aromatic ring is 1. The van der Waals surface area contributed by atoms with E-state index in [2.05, 4.69) is 31.5 Å². The lowest BCUT2D eigenvalue weighted by Gasteiger charge is -2.09. The Morgan fingerprint density at radius 1 is 1.27 bits per heavy atom. The van der Waals surface area contributed by atoms with Gasteiger partial charge in [0.25, 0.3) is 0 Å². The largest absolute Gasteiger partial charge is 0.366 e. The molecule has 0 saturated carbocycles. The van der Waals surface area contributed by atoms with Crippen LogP contribution < -0.4 is 5.73 Å². The topological polar surface area (TPSA) is 69.6 Å². The first-order valence-corrected chi connectivity index (χ1v) is 5.20. The van der Waals surface area contributed by atoms with Crippen molar-refractivity contribution in [2.45, 2.75) is 13.8 Å². The summed E-state index contributed by atoms with van der Waals surface area (Å²) in [5.74, 6) is 0.295. The molecule has 5 nitrogen and oxygen atoms in total. The van der Waals surface area contributed by atoms with Crippen LogP contribution in [0.3, 0.4) is 0 Å². The molecule has 0 amide bonds. The molecule has 0 spiro atoms. The van der Waals surface area contributed by atoms with Crippen LogP contribution in [0.15, 0.2) is 16.6 Å². The maximum absolute atomic E-state index is 5.66. The number of hydrogen-bond donors (Lipinski definition) is 1. The molecule has 0 aliphatic carbocycles. The molecule has 0 unspecified atom stereocenters. The van der Waals surface area contributed by atoms with Crippen molar-refractivity contribution in [1.82, 2.24) is 20.2 Å². The molecule has 0 radical (unpaired) electrons. The zero-order valence-electron chi connectivity index (χ0n) is 8.40. The van der Waals surface area contributed by atoms with Crippen molar-refractivity contribution < 1.29 is 0 Å². The number of aryl methyl sites for hydroxylation is 2. The van der Waals surface area contributed by atoms with Gasteiger partial charge in [0, 0.05) is 4.47 Å². The van der Waals surface area contributed by atoms with Crippen LogP contribution in [0.25, 0.3) is 5.69 Å². The normalized spacial score (nSPS) is 10.6. The summed E-state index contributed by atoms with van der Waals surface area (Å²) < 4.78 is 2.57. The van der Waals surface area contributed by atoms with E-state index in [-0.39, 0.29) is 0 Å². The third kappa shape index (κ3) is 1.72. The van der Waals surface area contributed by atoms with Crippen LogP contribution in [-0.4, -0.2) is 20.2 Å². The molecule has 2 aromatic rings. The predicted octanol–water partition coefficient (Wildman–Crippen LogP) is 1.62. The Morgan fingerprint density at radius 2 is 1.87 bits per heavy atom. The molecule has 78 valence electrons. The van der Waals surface area contributed by atoms with Crippen molar-refractivity contribution in [3.8, 4) is 5.69 Å². The Hall–Kier alpha value is -1.43. The van der Waals surface area contributed by atoms with Crippen molar-refractivity contribution in [3.05, 3.63) is 27.7 Å². The lowest BCUT2D eigenvalue weighted by atomic mass is 10.1. The fourth-order valence-corrected chi connectivity index (χ4v) is 2.28. The van der Waals surface area contributed by atoms with E-state index in [4.69, 9.17) is 5.73 Å². The monoisotopic (exact) mass is 267 g/mol. The molecule has 0 bridgehead atoms. The molecular weight excluding hydrogens is 258 g/mol. The van der Waals surface area contributed by atoms with Crippen LogP contribution in [0.4, 0.5) is 5.95 Å². The van der Waals surface area contributed by atoms with Crippen LogP contribution in [0.2, 0.25) is 0 Å². The summed E-state index contributed by atoms with van der Waals surface area (Å²) >= 11 is 3.44. The molecule has 1 heterocycles. The van der Waals surface area contributed by atoms with Gasteiger partial charge >= 0.3 is 0 Å². The molecule has 1 aromatic heterocycles. The van der Waals surface area contributed by atoms with Crippen molar-refractivity contribution in [3.63, 3.8) is 0 Å². The highest BCUT2D eigenvalue weighted by atomic mass is 79.9. The first-order valence-electron chi connectivity index (χ1n) is 4.40. The number of halogens is 1. The fourth-order valence-electron chi connectivity index (χ4n) is 1.59. The Labute approximate surface area is 95.4 Å². The minimum Gasteiger partial charge on any atom is -0.366 e. The molecule has 2 N–H and O–H groups in total. The van der Waals surface area contributed by atoms with E-state index in [9.17, 15) is 0 Å². The van der Waals surface area contributed by atoms with Crippen molar-refractivity contribution in [2.24, 2.45) is 0 Å². The van der Waals surface area contributed by atoms with E-state index in [1.54, 1.807) is 0 Å². The molecule has 0 fully saturated rings. The number of anilines is 1. The minimum absolute atomic E-state index is 0.295. The average Bonchev–Trinajstić information content (AvgIpc) is 2.50. The summed E-state index contributed by atoms with van der Waals surface area (Å²) in [6, 6.07) is 4.01. The summed E-state index contributed by atoms with van der Waals surface area (Å²) in [7, 11) is 0. The van der Waals surface area contributed by atoms with E-state index < -0.39 is 0 Å². The van der Waals surface area contributed by atoms with Gasteiger partial charge in [0.05, 0.1) is 5.69 Å². The minimum atomic E-state index is 0.295. The highest BCUT2D eigenvalue weighted by Crippen LogP contribution is 2.24. The average molecular weight is 268 g/mol. The first-order chi connectivity index (χ1) is 7.09. The van der Waals surface area contributed by atoms with Crippen LogP contribution in [0, 0.1) is 13.8 Å². The van der Waals surface area contributed by atoms with Crippen molar-refractivity contribution >= 4 is 21.9 Å². The van der Waals surface area contributed by atoms with Gasteiger partial charge in [-0.15, -0.1) is 0 Å². The lowest BCUT2D eigenvalue weighted by molar-refractivity contribution is 0.784. The van der Waals surface area contributed by atoms with Gasteiger partial charge in [0.1, 0.15) is 0 Å². The number of benzene rings is 1. The second kappa shape index (κ2) is 3.62. The van der Waals surface area contributed by atoms with Gasteiger partial charge in [-0.25, -0.2) is 0 Å². The van der Waals surface area contributed by atoms with Gasteiger partial charge in [-0.3, -0.25) is 0 Å². The number of tetrazole rings is 1. The summed E-state index contributed by atoms with van der Waals surface area (Å²) in [5, 5.41) is 11.0. The van der Waals surface area contributed by atoms with E-state index >= 15 is 0 Å². The van der Waals surface area contributed by atoms with E-state index in [1.165, 1.54) is 4.68 Å². The zero-order chi connectivity index (χ0) is 11.0. The summed E-state index contributed by atoms with van der Waals surface area (Å²) in [6.07, 6.45) is 0. The smallest absolute Gasteiger partial charge is 0.245 e. The fraction of sp³-hybridized carbons (Fsp3) is 0.222. The Kier molecular flexibility index (Phi) is 2.44. The number of nitrogens with two attached hydrogens (primary N) is 1. The van der Waals surface area contributed by atoms with Gasteiger partial charge in [0.2, 0.25) is 5.95 Å². The lowest BCUT2D eigenvalue weighted by Crippen LogP contribution is -2.06. The van der Waals surface area contributed by atoms with Gasteiger partial charge in [0.15, 0.2) is 0 Å². The number of aromatic nitrogens is 4. The molecule has 15 heavy (non-hydrogen) atoms. The SMILES string of the molecule is Cc1cc(Br)cc(C)c1-n1nnnc1N. The molecule has 0 saturated heterocycles. The second-order valence-corrected chi connectivity index (χ2v) is 4.25. The summed E-state index contributed by atoms with van der Waals surface area (Å²) in [4.78, 5) is 0. The first kappa shape index (κ1) is 10.1. The van der Waals surface area contributed by atoms with E-state index in [0.717, 1.165) is 21.3 Å². The maximum Gasteiger partial charge on any atom is 0.245 e. The molecular formula is C9H10BrN5. The number of hydrogen-bond acceptors (Lipinski definition) is 4. The zero-order valence-corrected chi connectivity index (χ0v) is 9.98. The van der Waals surface area contributed by atoms with Crippen molar-refractivity contribution in [1.29, 1.82) is 0 Å². The number of rotatable bonds is 1. The Balaban J connectivity index is 2.68. The second-order valence-electron chi connectivity index (χ2n) is 3.34. The molecule has 2 rings (SSSR count). The highest BCUT2D eigenvalue weighted by molar-refractivity contribution is 9.10. The molecule has 0 aliphatic rings. The van der Waals surface area contributed by atoms with Crippen LogP contribution in [0.1, 0.15) is 11.1 Å². The van der Waals surface area contributed by atoms with Crippen LogP contribution >= 0.6 is 15.9 Å². The van der Waals surface area contributed by atoms with E-state index in [1.807, 2.05) is 26.0 Å². The molecule has 6 heteroatoms. The Bertz CT molecular complexity index is 482. The van der Waals surface area contributed by atoms with Crippen LogP contribution in [0.5, 0.6) is 0 Å². The van der Waals surface area contributed by atoms with Gasteiger partial charge in [-0.2, -0.15) is 4.68 Å². The standard InChI is InChI=1S/C9H10BrN5/c1-5-3-7(10)4-6(2)8(5)15-9(11)12-13-14-15/h3-4H,1-2H3,(H2,11,12,14). The predicted molar refractivity (Wildman–Crippen MR) is 60.7 cm³/mol. The maximum atomic E-state index is 5.66. The van der Waals surface area contributed by atoms with Gasteiger partial charge in [-0.1, -0.05) is 21.0 Å². The highest BCUT2D eigenvalue weighted by Gasteiger charge is 2.10.